The number of nitrogens with zero attached hydrogens (tertiary/aromatic N) is 2. The van der Waals surface area contributed by atoms with E-state index in [4.69, 9.17) is 4.52 Å². The molecule has 0 aliphatic carbocycles. The summed E-state index contributed by atoms with van der Waals surface area (Å²) in [6, 6.07) is 7.89. The van der Waals surface area contributed by atoms with Gasteiger partial charge in [0.05, 0.1) is 12.1 Å². The molecule has 1 fully saturated rings. The van der Waals surface area contributed by atoms with Crippen LogP contribution in [-0.2, 0) is 0 Å². The van der Waals surface area contributed by atoms with Crippen LogP contribution in [0, 0.1) is 6.92 Å². The van der Waals surface area contributed by atoms with E-state index < -0.39 is 0 Å². The first kappa shape index (κ1) is 11.4. The standard InChI is InChI=1S/C13H15N3O2/c1-8-4-2-3-5-10(8)12-15-13(18-16-12)11-6-9(17)7-14-11/h2-5,9,11,14,17H,6-7H2,1H3/t9?,11-/m0/s1. The molecule has 1 saturated heterocycles. The lowest BCUT2D eigenvalue weighted by Gasteiger charge is -2.02. The third kappa shape index (κ3) is 2.02. The molecule has 2 N–H and O–H groups in total. The Labute approximate surface area is 105 Å². The van der Waals surface area contributed by atoms with E-state index in [0.29, 0.717) is 24.7 Å². The van der Waals surface area contributed by atoms with Crippen molar-refractivity contribution < 1.29 is 9.63 Å². The number of aromatic nitrogens is 2. The van der Waals surface area contributed by atoms with Gasteiger partial charge >= 0.3 is 0 Å². The van der Waals surface area contributed by atoms with E-state index in [1.54, 1.807) is 0 Å². The van der Waals surface area contributed by atoms with E-state index in [1.807, 2.05) is 31.2 Å². The van der Waals surface area contributed by atoms with Crippen LogP contribution in [0.1, 0.15) is 23.9 Å². The highest BCUT2D eigenvalue weighted by Crippen LogP contribution is 2.25. The largest absolute Gasteiger partial charge is 0.392 e. The smallest absolute Gasteiger partial charge is 0.244 e. The van der Waals surface area contributed by atoms with Crippen LogP contribution in [0.5, 0.6) is 0 Å². The quantitative estimate of drug-likeness (QED) is 0.837. The molecule has 3 rings (SSSR count). The number of aryl methyl sites for hydroxylation is 1. The molecule has 5 nitrogen and oxygen atoms in total. The lowest BCUT2D eigenvalue weighted by atomic mass is 10.1. The SMILES string of the molecule is Cc1ccccc1-c1noc([C@@H]2CC(O)CN2)n1. The van der Waals surface area contributed by atoms with Crippen LogP contribution in [0.3, 0.4) is 0 Å². The number of nitrogens with one attached hydrogen (secondary N) is 1. The fraction of sp³-hybridized carbons (Fsp3) is 0.385. The molecule has 2 aromatic rings. The normalized spacial score (nSPS) is 23.4. The van der Waals surface area contributed by atoms with Crippen molar-refractivity contribution in [3.05, 3.63) is 35.7 Å². The topological polar surface area (TPSA) is 71.2 Å². The molecule has 94 valence electrons. The zero-order valence-corrected chi connectivity index (χ0v) is 10.1. The van der Waals surface area contributed by atoms with Gasteiger partial charge in [-0.05, 0) is 18.9 Å². The van der Waals surface area contributed by atoms with Gasteiger partial charge in [-0.2, -0.15) is 4.98 Å². The Bertz CT molecular complexity index is 553. The van der Waals surface area contributed by atoms with Gasteiger partial charge in [0.15, 0.2) is 0 Å². The summed E-state index contributed by atoms with van der Waals surface area (Å²) < 4.78 is 5.27. The first-order valence-electron chi connectivity index (χ1n) is 6.05. The number of hydrogen-bond acceptors (Lipinski definition) is 5. The second-order valence-corrected chi connectivity index (χ2v) is 4.62. The van der Waals surface area contributed by atoms with E-state index in [9.17, 15) is 5.11 Å². The molecule has 18 heavy (non-hydrogen) atoms. The van der Waals surface area contributed by atoms with Gasteiger partial charge in [-0.1, -0.05) is 29.4 Å². The Hall–Kier alpha value is -1.72. The Morgan fingerprint density at radius 3 is 2.94 bits per heavy atom. The van der Waals surface area contributed by atoms with Crippen molar-refractivity contribution in [2.45, 2.75) is 25.5 Å². The molecule has 0 amide bonds. The van der Waals surface area contributed by atoms with Crippen LogP contribution >= 0.6 is 0 Å². The van der Waals surface area contributed by atoms with Crippen LogP contribution in [0.2, 0.25) is 0 Å². The van der Waals surface area contributed by atoms with Crippen molar-refractivity contribution >= 4 is 0 Å². The summed E-state index contributed by atoms with van der Waals surface area (Å²) in [6.07, 6.45) is 0.291. The van der Waals surface area contributed by atoms with E-state index >= 15 is 0 Å². The first-order valence-corrected chi connectivity index (χ1v) is 6.05. The lowest BCUT2D eigenvalue weighted by Crippen LogP contribution is -2.15. The molecule has 5 heteroatoms. The maximum Gasteiger partial charge on any atom is 0.244 e. The minimum absolute atomic E-state index is 0.0368. The number of aliphatic hydroxyl groups excluding tert-OH is 1. The van der Waals surface area contributed by atoms with Gasteiger partial charge in [-0.15, -0.1) is 0 Å². The molecule has 0 saturated carbocycles. The summed E-state index contributed by atoms with van der Waals surface area (Å²) in [7, 11) is 0. The monoisotopic (exact) mass is 245 g/mol. The minimum Gasteiger partial charge on any atom is -0.392 e. The Morgan fingerprint density at radius 2 is 2.22 bits per heavy atom. The summed E-state index contributed by atoms with van der Waals surface area (Å²) in [4.78, 5) is 4.41. The molecule has 2 heterocycles. The number of hydrogen-bond donors (Lipinski definition) is 2. The summed E-state index contributed by atoms with van der Waals surface area (Å²) in [5.74, 6) is 1.15. The van der Waals surface area contributed by atoms with Crippen LogP contribution in [-0.4, -0.2) is 27.9 Å². The molecule has 2 atom stereocenters. The lowest BCUT2D eigenvalue weighted by molar-refractivity contribution is 0.191. The maximum absolute atomic E-state index is 9.48. The van der Waals surface area contributed by atoms with Crippen molar-refractivity contribution in [2.75, 3.05) is 6.54 Å². The number of benzene rings is 1. The van der Waals surface area contributed by atoms with Gasteiger partial charge < -0.3 is 14.9 Å². The van der Waals surface area contributed by atoms with Crippen LogP contribution in [0.15, 0.2) is 28.8 Å². The fourth-order valence-electron chi connectivity index (χ4n) is 2.22. The third-order valence-corrected chi connectivity index (χ3v) is 3.23. The molecule has 0 radical (unpaired) electrons. The number of aliphatic hydroxyl groups is 1. The fourth-order valence-corrected chi connectivity index (χ4v) is 2.22. The first-order chi connectivity index (χ1) is 8.74. The highest BCUT2D eigenvalue weighted by molar-refractivity contribution is 5.58. The molecule has 1 aromatic heterocycles. The average Bonchev–Trinajstić information content (AvgIpc) is 2.98. The van der Waals surface area contributed by atoms with Crippen molar-refractivity contribution in [1.29, 1.82) is 0 Å². The minimum atomic E-state index is -0.330. The second-order valence-electron chi connectivity index (χ2n) is 4.62. The molecule has 1 aliphatic rings. The summed E-state index contributed by atoms with van der Waals surface area (Å²) in [5, 5.41) is 16.6. The van der Waals surface area contributed by atoms with Gasteiger partial charge in [-0.25, -0.2) is 0 Å². The number of β-amino-alcohol motifs (C(OH)–C–C–N with tert-alkyl or cyclic N) is 1. The van der Waals surface area contributed by atoms with Crippen LogP contribution < -0.4 is 5.32 Å². The molecular formula is C13H15N3O2. The van der Waals surface area contributed by atoms with Crippen LogP contribution in [0.4, 0.5) is 0 Å². The maximum atomic E-state index is 9.48. The van der Waals surface area contributed by atoms with Gasteiger partial charge in [0.1, 0.15) is 0 Å². The van der Waals surface area contributed by atoms with E-state index in [-0.39, 0.29) is 12.1 Å². The van der Waals surface area contributed by atoms with Crippen molar-refractivity contribution in [3.8, 4) is 11.4 Å². The molecular weight excluding hydrogens is 230 g/mol. The van der Waals surface area contributed by atoms with Gasteiger partial charge in [0.25, 0.3) is 0 Å². The highest BCUT2D eigenvalue weighted by atomic mass is 16.5. The molecule has 1 unspecified atom stereocenters. The van der Waals surface area contributed by atoms with E-state index in [1.165, 1.54) is 0 Å². The molecule has 1 aliphatic heterocycles. The van der Waals surface area contributed by atoms with E-state index in [2.05, 4.69) is 15.5 Å². The molecule has 1 aromatic carbocycles. The highest BCUT2D eigenvalue weighted by Gasteiger charge is 2.28. The van der Waals surface area contributed by atoms with Gasteiger partial charge in [-0.3, -0.25) is 0 Å². The van der Waals surface area contributed by atoms with Crippen molar-refractivity contribution in [3.63, 3.8) is 0 Å². The summed E-state index contributed by atoms with van der Waals surface area (Å²) >= 11 is 0. The van der Waals surface area contributed by atoms with Crippen molar-refractivity contribution in [2.24, 2.45) is 0 Å². The zero-order chi connectivity index (χ0) is 12.5. The van der Waals surface area contributed by atoms with Crippen LogP contribution in [0.25, 0.3) is 11.4 Å². The Kier molecular flexibility index (Phi) is 2.85. The molecule has 0 bridgehead atoms. The van der Waals surface area contributed by atoms with Gasteiger partial charge in [0, 0.05) is 12.1 Å². The van der Waals surface area contributed by atoms with Gasteiger partial charge in [0.2, 0.25) is 11.7 Å². The average molecular weight is 245 g/mol. The Balaban J connectivity index is 1.88. The zero-order valence-electron chi connectivity index (χ0n) is 10.1. The predicted molar refractivity (Wildman–Crippen MR) is 65.8 cm³/mol. The summed E-state index contributed by atoms with van der Waals surface area (Å²) in [6.45, 7) is 2.59. The number of rotatable bonds is 2. The predicted octanol–water partition coefficient (Wildman–Crippen LogP) is 1.44. The van der Waals surface area contributed by atoms with E-state index in [0.717, 1.165) is 11.1 Å². The Morgan fingerprint density at radius 1 is 1.39 bits per heavy atom. The summed E-state index contributed by atoms with van der Waals surface area (Å²) in [5.41, 5.74) is 2.09. The third-order valence-electron chi connectivity index (χ3n) is 3.23. The molecule has 0 spiro atoms. The van der Waals surface area contributed by atoms with Crippen molar-refractivity contribution in [1.82, 2.24) is 15.5 Å². The second kappa shape index (κ2) is 4.51.